The fourth-order valence-corrected chi connectivity index (χ4v) is 0.882. The van der Waals surface area contributed by atoms with Gasteiger partial charge in [-0.1, -0.05) is 20.8 Å². The lowest BCUT2D eigenvalue weighted by atomic mass is 9.86. The summed E-state index contributed by atoms with van der Waals surface area (Å²) < 4.78 is 0. The fourth-order valence-electron chi connectivity index (χ4n) is 0.882. The Balaban J connectivity index is 4.56. The second-order valence-corrected chi connectivity index (χ2v) is 3.76. The van der Waals surface area contributed by atoms with E-state index in [0.717, 1.165) is 0 Å². The summed E-state index contributed by atoms with van der Waals surface area (Å²) in [5.41, 5.74) is 1.40. The highest BCUT2D eigenvalue weighted by molar-refractivity contribution is 5.85. The predicted octanol–water partition coefficient (Wildman–Crippen LogP) is -0.341. The molecular formula is C7H15N3O3. The topological polar surface area (TPSA) is 104 Å². The number of carbonyl (C=O) groups is 2. The lowest BCUT2D eigenvalue weighted by molar-refractivity contribution is -0.125. The van der Waals surface area contributed by atoms with E-state index in [4.69, 9.17) is 10.9 Å². The molecule has 6 nitrogen and oxygen atoms in total. The van der Waals surface area contributed by atoms with Crippen LogP contribution in [0.5, 0.6) is 0 Å². The van der Waals surface area contributed by atoms with Gasteiger partial charge in [0.2, 0.25) is 0 Å². The molecule has 6 heteroatoms. The van der Waals surface area contributed by atoms with Crippen molar-refractivity contribution >= 4 is 12.0 Å². The lowest BCUT2D eigenvalue weighted by Gasteiger charge is -2.28. The van der Waals surface area contributed by atoms with Crippen molar-refractivity contribution in [2.75, 3.05) is 0 Å². The van der Waals surface area contributed by atoms with Crippen molar-refractivity contribution in [3.8, 4) is 0 Å². The largest absolute Gasteiger partial charge is 0.465 e. The zero-order valence-electron chi connectivity index (χ0n) is 7.92. The molecule has 0 aliphatic carbocycles. The van der Waals surface area contributed by atoms with Crippen LogP contribution in [0.15, 0.2) is 0 Å². The third-order valence-corrected chi connectivity index (χ3v) is 1.54. The molecule has 0 aromatic heterocycles. The van der Waals surface area contributed by atoms with Crippen LogP contribution < -0.4 is 16.6 Å². The molecule has 0 fully saturated rings. The van der Waals surface area contributed by atoms with Crippen molar-refractivity contribution in [1.82, 2.24) is 10.7 Å². The summed E-state index contributed by atoms with van der Waals surface area (Å²) in [6.45, 7) is 5.22. The van der Waals surface area contributed by atoms with Gasteiger partial charge >= 0.3 is 6.09 Å². The first kappa shape index (κ1) is 11.7. The summed E-state index contributed by atoms with van der Waals surface area (Å²) in [4.78, 5) is 21.5. The first-order valence-corrected chi connectivity index (χ1v) is 3.79. The summed E-state index contributed by atoms with van der Waals surface area (Å²) in [7, 11) is 0. The molecule has 5 N–H and O–H groups in total. The summed E-state index contributed by atoms with van der Waals surface area (Å²) in [6.07, 6.45) is -1.25. The summed E-state index contributed by atoms with van der Waals surface area (Å²) in [6, 6.07) is -0.852. The van der Waals surface area contributed by atoms with Gasteiger partial charge in [0.25, 0.3) is 5.91 Å². The normalized spacial score (nSPS) is 13.2. The van der Waals surface area contributed by atoms with Gasteiger partial charge < -0.3 is 10.4 Å². The van der Waals surface area contributed by atoms with E-state index in [9.17, 15) is 9.59 Å². The first-order valence-electron chi connectivity index (χ1n) is 3.79. The van der Waals surface area contributed by atoms with E-state index in [0.29, 0.717) is 0 Å². The SMILES string of the molecule is CC(C)(C)C(NC(=O)O)C(=O)NN. The Morgan fingerprint density at radius 1 is 1.38 bits per heavy atom. The molecule has 0 radical (unpaired) electrons. The van der Waals surface area contributed by atoms with Gasteiger partial charge in [-0.15, -0.1) is 0 Å². The Bertz CT molecular complexity index is 210. The van der Waals surface area contributed by atoms with E-state index in [1.165, 1.54) is 0 Å². The number of amides is 2. The number of hydrazine groups is 1. The van der Waals surface area contributed by atoms with Crippen LogP contribution in [0, 0.1) is 5.41 Å². The molecule has 0 aliphatic heterocycles. The minimum Gasteiger partial charge on any atom is -0.465 e. The molecule has 0 heterocycles. The van der Waals surface area contributed by atoms with E-state index >= 15 is 0 Å². The van der Waals surface area contributed by atoms with E-state index in [1.54, 1.807) is 20.8 Å². The first-order chi connectivity index (χ1) is 5.79. The molecule has 76 valence electrons. The zero-order valence-corrected chi connectivity index (χ0v) is 7.92. The molecule has 1 unspecified atom stereocenters. The average Bonchev–Trinajstić information content (AvgIpc) is 1.96. The van der Waals surface area contributed by atoms with E-state index in [1.807, 2.05) is 5.43 Å². The average molecular weight is 189 g/mol. The third-order valence-electron chi connectivity index (χ3n) is 1.54. The molecule has 0 bridgehead atoms. The lowest BCUT2D eigenvalue weighted by Crippen LogP contribution is -2.54. The van der Waals surface area contributed by atoms with E-state index < -0.39 is 23.5 Å². The van der Waals surface area contributed by atoms with Crippen LogP contribution in [-0.2, 0) is 4.79 Å². The molecule has 0 aromatic rings. The number of carboxylic acid groups (broad SMARTS) is 1. The van der Waals surface area contributed by atoms with Gasteiger partial charge in [0.15, 0.2) is 0 Å². The maximum atomic E-state index is 11.1. The fraction of sp³-hybridized carbons (Fsp3) is 0.714. The predicted molar refractivity (Wildman–Crippen MR) is 46.7 cm³/mol. The van der Waals surface area contributed by atoms with Gasteiger partial charge in [0.05, 0.1) is 0 Å². The maximum absolute atomic E-state index is 11.1. The minimum absolute atomic E-state index is 0.512. The van der Waals surface area contributed by atoms with Gasteiger partial charge in [-0.25, -0.2) is 10.6 Å². The molecule has 0 saturated heterocycles. The third kappa shape index (κ3) is 3.75. The van der Waals surface area contributed by atoms with Crippen molar-refractivity contribution in [2.45, 2.75) is 26.8 Å². The quantitative estimate of drug-likeness (QED) is 0.271. The minimum atomic E-state index is -1.25. The monoisotopic (exact) mass is 189 g/mol. The van der Waals surface area contributed by atoms with E-state index in [-0.39, 0.29) is 0 Å². The highest BCUT2D eigenvalue weighted by Crippen LogP contribution is 2.18. The van der Waals surface area contributed by atoms with Crippen molar-refractivity contribution in [1.29, 1.82) is 0 Å². The molecule has 0 aliphatic rings. The van der Waals surface area contributed by atoms with Crippen LogP contribution in [0.1, 0.15) is 20.8 Å². The Hall–Kier alpha value is -1.30. The molecule has 0 spiro atoms. The van der Waals surface area contributed by atoms with Crippen LogP contribution in [0.3, 0.4) is 0 Å². The van der Waals surface area contributed by atoms with Gasteiger partial charge in [0, 0.05) is 0 Å². The van der Waals surface area contributed by atoms with Crippen LogP contribution >= 0.6 is 0 Å². The molecule has 1 atom stereocenters. The van der Waals surface area contributed by atoms with Crippen molar-refractivity contribution in [2.24, 2.45) is 11.3 Å². The van der Waals surface area contributed by atoms with Crippen molar-refractivity contribution in [3.63, 3.8) is 0 Å². The zero-order chi connectivity index (χ0) is 10.6. The summed E-state index contributed by atoms with van der Waals surface area (Å²) >= 11 is 0. The second kappa shape index (κ2) is 4.08. The van der Waals surface area contributed by atoms with Crippen LogP contribution in [0.2, 0.25) is 0 Å². The number of hydrogen-bond donors (Lipinski definition) is 4. The van der Waals surface area contributed by atoms with Gasteiger partial charge in [-0.3, -0.25) is 10.2 Å². The van der Waals surface area contributed by atoms with Crippen LogP contribution in [0.25, 0.3) is 0 Å². The molecule has 0 aromatic carbocycles. The number of carbonyl (C=O) groups excluding carboxylic acids is 1. The Kier molecular flexibility index (Phi) is 3.68. The molecule has 0 rings (SSSR count). The summed E-state index contributed by atoms with van der Waals surface area (Å²) in [5, 5.41) is 10.6. The van der Waals surface area contributed by atoms with Crippen molar-refractivity contribution < 1.29 is 14.7 Å². The second-order valence-electron chi connectivity index (χ2n) is 3.76. The van der Waals surface area contributed by atoms with Crippen LogP contribution in [0.4, 0.5) is 4.79 Å². The standard InChI is InChI=1S/C7H15N3O3/c1-7(2,3)4(5(11)10-8)9-6(12)13/h4,9H,8H2,1-3H3,(H,10,11)(H,12,13). The summed E-state index contributed by atoms with van der Waals surface area (Å²) in [5.74, 6) is 4.37. The van der Waals surface area contributed by atoms with Crippen LogP contribution in [-0.4, -0.2) is 23.1 Å². The molecule has 2 amide bonds. The highest BCUT2D eigenvalue weighted by Gasteiger charge is 2.32. The van der Waals surface area contributed by atoms with Gasteiger partial charge in [-0.2, -0.15) is 0 Å². The number of nitrogens with one attached hydrogen (secondary N) is 2. The van der Waals surface area contributed by atoms with Crippen molar-refractivity contribution in [3.05, 3.63) is 0 Å². The highest BCUT2D eigenvalue weighted by atomic mass is 16.4. The Morgan fingerprint density at radius 3 is 2.08 bits per heavy atom. The number of nitrogens with two attached hydrogens (primary N) is 1. The van der Waals surface area contributed by atoms with E-state index in [2.05, 4.69) is 5.32 Å². The smallest absolute Gasteiger partial charge is 0.405 e. The Morgan fingerprint density at radius 2 is 1.85 bits per heavy atom. The van der Waals surface area contributed by atoms with Gasteiger partial charge in [-0.05, 0) is 5.41 Å². The molecule has 0 saturated carbocycles. The van der Waals surface area contributed by atoms with Gasteiger partial charge in [0.1, 0.15) is 6.04 Å². The molecular weight excluding hydrogens is 174 g/mol. The number of rotatable bonds is 2. The maximum Gasteiger partial charge on any atom is 0.405 e. The Labute approximate surface area is 76.5 Å². The molecule has 13 heavy (non-hydrogen) atoms. The number of hydrogen-bond acceptors (Lipinski definition) is 3.